The van der Waals surface area contributed by atoms with E-state index in [1.54, 1.807) is 34.9 Å². The summed E-state index contributed by atoms with van der Waals surface area (Å²) in [5.74, 6) is -0.259. The molecule has 6 nitrogen and oxygen atoms in total. The quantitative estimate of drug-likeness (QED) is 0.209. The fourth-order valence-corrected chi connectivity index (χ4v) is 4.68. The zero-order valence-electron chi connectivity index (χ0n) is 18.7. The Labute approximate surface area is 206 Å². The average molecular weight is 489 g/mol. The lowest BCUT2D eigenvalue weighted by Gasteiger charge is -2.20. The van der Waals surface area contributed by atoms with E-state index >= 15 is 0 Å². The molecular weight excluding hydrogens is 468 g/mol. The number of nitriles is 1. The van der Waals surface area contributed by atoms with E-state index in [1.165, 1.54) is 4.90 Å². The molecule has 0 fully saturated rings. The second-order valence-corrected chi connectivity index (χ2v) is 9.06. The molecule has 0 aliphatic rings. The number of nitrogens with zero attached hydrogens (tertiary/aromatic N) is 4. The number of thioether (sulfide) groups is 1. The van der Waals surface area contributed by atoms with Gasteiger partial charge in [-0.15, -0.1) is 0 Å². The summed E-state index contributed by atoms with van der Waals surface area (Å²) in [6.45, 7) is 3.86. The van der Waals surface area contributed by atoms with Gasteiger partial charge in [0.25, 0.3) is 5.56 Å². The fraction of sp³-hybridized carbons (Fsp3) is 0.154. The molecular formula is C26H21ClN4O2S. The number of rotatable bonds is 6. The van der Waals surface area contributed by atoms with Crippen molar-refractivity contribution in [1.82, 2.24) is 9.55 Å². The summed E-state index contributed by atoms with van der Waals surface area (Å²) in [7, 11) is 0. The fourth-order valence-electron chi connectivity index (χ4n) is 3.63. The van der Waals surface area contributed by atoms with Crippen molar-refractivity contribution in [2.45, 2.75) is 19.0 Å². The van der Waals surface area contributed by atoms with Gasteiger partial charge in [0.1, 0.15) is 6.54 Å². The highest BCUT2D eigenvalue weighted by Gasteiger charge is 2.20. The normalized spacial score (nSPS) is 10.8. The molecule has 0 spiro atoms. The third kappa shape index (κ3) is 4.69. The molecule has 4 aromatic rings. The summed E-state index contributed by atoms with van der Waals surface area (Å²) in [4.78, 5) is 32.8. The van der Waals surface area contributed by atoms with Crippen LogP contribution < -0.4 is 10.5 Å². The first-order valence-corrected chi connectivity index (χ1v) is 11.9. The minimum atomic E-state index is -0.259. The molecule has 0 radical (unpaired) electrons. The molecule has 0 bridgehead atoms. The number of para-hydroxylation sites is 1. The number of amides is 1. The number of aromatic nitrogens is 2. The molecule has 8 heteroatoms. The summed E-state index contributed by atoms with van der Waals surface area (Å²) in [6.07, 6.45) is 0. The third-order valence-corrected chi connectivity index (χ3v) is 6.70. The predicted molar refractivity (Wildman–Crippen MR) is 137 cm³/mol. The van der Waals surface area contributed by atoms with E-state index in [9.17, 15) is 14.9 Å². The molecule has 0 N–H and O–H groups in total. The summed E-state index contributed by atoms with van der Waals surface area (Å²) < 4.78 is 1.55. The van der Waals surface area contributed by atoms with Crippen LogP contribution in [0.4, 0.5) is 5.69 Å². The number of halogens is 1. The average Bonchev–Trinajstić information content (AvgIpc) is 2.83. The van der Waals surface area contributed by atoms with E-state index in [1.807, 2.05) is 56.3 Å². The maximum atomic E-state index is 13.6. The van der Waals surface area contributed by atoms with Gasteiger partial charge in [0.15, 0.2) is 5.16 Å². The summed E-state index contributed by atoms with van der Waals surface area (Å²) >= 11 is 7.31. The van der Waals surface area contributed by atoms with Gasteiger partial charge in [0, 0.05) is 10.7 Å². The van der Waals surface area contributed by atoms with Crippen LogP contribution in [-0.4, -0.2) is 27.8 Å². The minimum absolute atomic E-state index is 0.0000496. The van der Waals surface area contributed by atoms with Gasteiger partial charge in [0.05, 0.1) is 28.4 Å². The van der Waals surface area contributed by atoms with Gasteiger partial charge in [-0.25, -0.2) is 4.98 Å². The van der Waals surface area contributed by atoms with Crippen LogP contribution in [0.15, 0.2) is 76.7 Å². The molecule has 1 amide bonds. The first-order valence-electron chi connectivity index (χ1n) is 10.5. The van der Waals surface area contributed by atoms with E-state index in [-0.39, 0.29) is 23.8 Å². The number of benzene rings is 3. The number of hydrogen-bond donors (Lipinski definition) is 0. The molecule has 4 rings (SSSR count). The number of carbonyl (C=O) groups is 1. The largest absolute Gasteiger partial charge is 0.298 e. The molecule has 0 atom stereocenters. The first-order chi connectivity index (χ1) is 16.4. The smallest absolute Gasteiger partial charge is 0.266 e. The number of fused-ring (bicyclic) bond motifs is 1. The van der Waals surface area contributed by atoms with E-state index in [0.29, 0.717) is 32.5 Å². The Morgan fingerprint density at radius 3 is 2.62 bits per heavy atom. The van der Waals surface area contributed by atoms with Crippen LogP contribution in [0.3, 0.4) is 0 Å². The van der Waals surface area contributed by atoms with Gasteiger partial charge in [-0.1, -0.05) is 53.7 Å². The lowest BCUT2D eigenvalue weighted by atomic mass is 10.1. The van der Waals surface area contributed by atoms with Gasteiger partial charge >= 0.3 is 0 Å². The summed E-state index contributed by atoms with van der Waals surface area (Å²) in [5.41, 5.74) is 3.56. The Morgan fingerprint density at radius 2 is 1.88 bits per heavy atom. The first kappa shape index (κ1) is 23.6. The SMILES string of the molecule is Cc1cccc(-n2c(SCC(=O)N(CC#N)c3ccccc3)nc3cc(Cl)ccc3c2=O)c1C. The van der Waals surface area contributed by atoms with Crippen LogP contribution in [0.1, 0.15) is 11.1 Å². The zero-order valence-corrected chi connectivity index (χ0v) is 20.2. The monoisotopic (exact) mass is 488 g/mol. The summed E-state index contributed by atoms with van der Waals surface area (Å²) in [6, 6.07) is 21.8. The van der Waals surface area contributed by atoms with Crippen molar-refractivity contribution in [3.63, 3.8) is 0 Å². The number of carbonyl (C=O) groups excluding carboxylic acids is 1. The molecule has 0 aliphatic heterocycles. The number of aryl methyl sites for hydroxylation is 1. The highest BCUT2D eigenvalue weighted by Crippen LogP contribution is 2.26. The summed E-state index contributed by atoms with van der Waals surface area (Å²) in [5, 5.41) is 10.5. The van der Waals surface area contributed by atoms with Crippen molar-refractivity contribution >= 4 is 45.9 Å². The topological polar surface area (TPSA) is 79.0 Å². The predicted octanol–water partition coefficient (Wildman–Crippen LogP) is 5.30. The Balaban J connectivity index is 1.78. The van der Waals surface area contributed by atoms with E-state index in [0.717, 1.165) is 22.9 Å². The van der Waals surface area contributed by atoms with Gasteiger partial charge < -0.3 is 0 Å². The molecule has 34 heavy (non-hydrogen) atoms. The Kier molecular flexibility index (Phi) is 7.01. The highest BCUT2D eigenvalue weighted by atomic mass is 35.5. The van der Waals surface area contributed by atoms with Gasteiger partial charge in [-0.05, 0) is 61.4 Å². The standard InChI is InChI=1S/C26H21ClN4O2S/c1-17-7-6-10-23(18(17)2)31-25(33)21-12-11-19(27)15-22(21)29-26(31)34-16-24(32)30(14-13-28)20-8-4-3-5-9-20/h3-12,15H,14,16H2,1-2H3. The van der Waals surface area contributed by atoms with Crippen molar-refractivity contribution in [3.8, 4) is 11.8 Å². The Bertz CT molecular complexity index is 1480. The van der Waals surface area contributed by atoms with Crippen molar-refractivity contribution in [2.24, 2.45) is 0 Å². The van der Waals surface area contributed by atoms with Crippen molar-refractivity contribution in [2.75, 3.05) is 17.2 Å². The van der Waals surface area contributed by atoms with E-state index in [4.69, 9.17) is 16.6 Å². The molecule has 170 valence electrons. The second-order valence-electron chi connectivity index (χ2n) is 7.68. The van der Waals surface area contributed by atoms with Gasteiger partial charge in [0.2, 0.25) is 5.91 Å². The number of anilines is 1. The van der Waals surface area contributed by atoms with Crippen LogP contribution in [-0.2, 0) is 4.79 Å². The molecule has 1 aromatic heterocycles. The lowest BCUT2D eigenvalue weighted by molar-refractivity contribution is -0.116. The van der Waals surface area contributed by atoms with Gasteiger partial charge in [-0.2, -0.15) is 5.26 Å². The Morgan fingerprint density at radius 1 is 1.12 bits per heavy atom. The molecule has 0 saturated carbocycles. The van der Waals surface area contributed by atoms with Gasteiger partial charge in [-0.3, -0.25) is 19.1 Å². The van der Waals surface area contributed by atoms with Crippen LogP contribution in [0.25, 0.3) is 16.6 Å². The van der Waals surface area contributed by atoms with Crippen LogP contribution in [0.5, 0.6) is 0 Å². The molecule has 1 heterocycles. The zero-order chi connectivity index (χ0) is 24.2. The van der Waals surface area contributed by atoms with E-state index in [2.05, 4.69) is 0 Å². The number of hydrogen-bond acceptors (Lipinski definition) is 5. The highest BCUT2D eigenvalue weighted by molar-refractivity contribution is 7.99. The molecule has 0 unspecified atom stereocenters. The third-order valence-electron chi connectivity index (χ3n) is 5.54. The van der Waals surface area contributed by atoms with Crippen molar-refractivity contribution < 1.29 is 4.79 Å². The second kappa shape index (κ2) is 10.1. The van der Waals surface area contributed by atoms with Crippen molar-refractivity contribution in [3.05, 3.63) is 93.2 Å². The maximum Gasteiger partial charge on any atom is 0.266 e. The van der Waals surface area contributed by atoms with Crippen molar-refractivity contribution in [1.29, 1.82) is 5.26 Å². The molecule has 0 aliphatic carbocycles. The molecule has 0 saturated heterocycles. The Hall–Kier alpha value is -3.60. The maximum absolute atomic E-state index is 13.6. The minimum Gasteiger partial charge on any atom is -0.298 e. The molecule has 3 aromatic carbocycles. The lowest BCUT2D eigenvalue weighted by Crippen LogP contribution is -2.33. The van der Waals surface area contributed by atoms with E-state index < -0.39 is 0 Å². The van der Waals surface area contributed by atoms with Crippen LogP contribution in [0.2, 0.25) is 5.02 Å². The van der Waals surface area contributed by atoms with Crippen LogP contribution >= 0.6 is 23.4 Å². The van der Waals surface area contributed by atoms with Crippen LogP contribution in [0, 0.1) is 25.2 Å².